The number of rotatable bonds is 5. The van der Waals surface area contributed by atoms with Crippen LogP contribution in [0.25, 0.3) is 0 Å². The average Bonchev–Trinajstić information content (AvgIpc) is 2.79. The van der Waals surface area contributed by atoms with E-state index >= 15 is 0 Å². The molecule has 22 heavy (non-hydrogen) atoms. The van der Waals surface area contributed by atoms with Crippen molar-refractivity contribution < 1.29 is 9.53 Å². The van der Waals surface area contributed by atoms with Gasteiger partial charge in [0.05, 0.1) is 11.8 Å². The van der Waals surface area contributed by atoms with Crippen LogP contribution in [-0.4, -0.2) is 24.1 Å². The third-order valence-electron chi connectivity index (χ3n) is 4.57. The van der Waals surface area contributed by atoms with Gasteiger partial charge < -0.3 is 15.4 Å². The molecule has 120 valence electrons. The van der Waals surface area contributed by atoms with Crippen LogP contribution in [0.3, 0.4) is 0 Å². The first kappa shape index (κ1) is 15.3. The van der Waals surface area contributed by atoms with Crippen LogP contribution in [0, 0.1) is 5.92 Å². The van der Waals surface area contributed by atoms with Crippen molar-refractivity contribution in [2.75, 3.05) is 5.32 Å². The van der Waals surface area contributed by atoms with Gasteiger partial charge in [-0.25, -0.2) is 0 Å². The van der Waals surface area contributed by atoms with Gasteiger partial charge in [-0.05, 0) is 57.6 Å². The third kappa shape index (κ3) is 3.80. The molecular weight excluding hydrogens is 276 g/mol. The lowest BCUT2D eigenvalue weighted by molar-refractivity contribution is -0.117. The summed E-state index contributed by atoms with van der Waals surface area (Å²) in [7, 11) is 0. The predicted octanol–water partition coefficient (Wildman–Crippen LogP) is 3.33. The van der Waals surface area contributed by atoms with E-state index in [1.54, 1.807) is 0 Å². The lowest BCUT2D eigenvalue weighted by Gasteiger charge is -2.28. The average molecular weight is 302 g/mol. The molecule has 2 atom stereocenters. The second kappa shape index (κ2) is 6.69. The molecule has 1 aromatic rings. The summed E-state index contributed by atoms with van der Waals surface area (Å²) in [5, 5.41) is 6.65. The molecule has 0 spiro atoms. The van der Waals surface area contributed by atoms with Crippen molar-refractivity contribution in [3.05, 3.63) is 24.3 Å². The van der Waals surface area contributed by atoms with Crippen LogP contribution in [0.15, 0.2) is 24.3 Å². The molecule has 0 aromatic heterocycles. The molecule has 2 unspecified atom stereocenters. The van der Waals surface area contributed by atoms with Crippen LogP contribution >= 0.6 is 0 Å². The molecule has 3 rings (SSSR count). The molecule has 4 heteroatoms. The van der Waals surface area contributed by atoms with Gasteiger partial charge in [-0.3, -0.25) is 4.79 Å². The quantitative estimate of drug-likeness (QED) is 0.877. The highest BCUT2D eigenvalue weighted by atomic mass is 16.5. The van der Waals surface area contributed by atoms with Crippen LogP contribution in [-0.2, 0) is 4.79 Å². The number of nitrogens with one attached hydrogen (secondary N) is 2. The number of anilines is 1. The van der Waals surface area contributed by atoms with E-state index in [1.165, 1.54) is 12.8 Å². The molecule has 4 nitrogen and oxygen atoms in total. The Balaban J connectivity index is 1.58. The maximum atomic E-state index is 12.4. The van der Waals surface area contributed by atoms with E-state index in [2.05, 4.69) is 10.6 Å². The minimum atomic E-state index is 0.0955. The molecule has 0 aliphatic carbocycles. The summed E-state index contributed by atoms with van der Waals surface area (Å²) in [6.07, 6.45) is 5.52. The topological polar surface area (TPSA) is 50.4 Å². The Morgan fingerprint density at radius 3 is 2.64 bits per heavy atom. The van der Waals surface area contributed by atoms with Gasteiger partial charge >= 0.3 is 0 Å². The molecule has 2 aliphatic rings. The normalized spacial score (nSPS) is 27.0. The first-order valence-electron chi connectivity index (χ1n) is 8.41. The van der Waals surface area contributed by atoms with Gasteiger partial charge in [0.15, 0.2) is 0 Å². The summed E-state index contributed by atoms with van der Waals surface area (Å²) in [6.45, 7) is 3.98. The summed E-state index contributed by atoms with van der Waals surface area (Å²) in [6, 6.07) is 8.93. The number of benzene rings is 1. The van der Waals surface area contributed by atoms with Gasteiger partial charge in [0.25, 0.3) is 0 Å². The number of piperidine rings is 1. The fraction of sp³-hybridized carbons (Fsp3) is 0.611. The minimum Gasteiger partial charge on any atom is -0.489 e. The molecule has 2 aliphatic heterocycles. The second-order valence-corrected chi connectivity index (χ2v) is 6.89. The molecule has 2 N–H and O–H groups in total. The molecular formula is C18H26N2O2. The first-order valence-corrected chi connectivity index (χ1v) is 8.41. The zero-order valence-electron chi connectivity index (χ0n) is 13.5. The van der Waals surface area contributed by atoms with Crippen LogP contribution < -0.4 is 15.4 Å². The number of amides is 1. The molecule has 2 bridgehead atoms. The van der Waals surface area contributed by atoms with Crippen molar-refractivity contribution >= 4 is 11.6 Å². The molecule has 2 heterocycles. The molecule has 0 radical (unpaired) electrons. The summed E-state index contributed by atoms with van der Waals surface area (Å²) in [4.78, 5) is 12.4. The van der Waals surface area contributed by atoms with Gasteiger partial charge in [-0.1, -0.05) is 12.1 Å². The van der Waals surface area contributed by atoms with Crippen molar-refractivity contribution in [1.29, 1.82) is 0 Å². The largest absolute Gasteiger partial charge is 0.489 e. The molecule has 2 saturated heterocycles. The first-order chi connectivity index (χ1) is 10.6. The lowest BCUT2D eigenvalue weighted by atomic mass is 9.89. The third-order valence-corrected chi connectivity index (χ3v) is 4.57. The Kier molecular flexibility index (Phi) is 4.67. The van der Waals surface area contributed by atoms with Gasteiger partial charge in [0, 0.05) is 18.5 Å². The van der Waals surface area contributed by atoms with Gasteiger partial charge in [-0.2, -0.15) is 0 Å². The molecule has 1 amide bonds. The van der Waals surface area contributed by atoms with E-state index in [9.17, 15) is 4.79 Å². The zero-order valence-corrected chi connectivity index (χ0v) is 13.5. The second-order valence-electron chi connectivity index (χ2n) is 6.89. The lowest BCUT2D eigenvalue weighted by Crippen LogP contribution is -2.39. The number of hydrogen-bond donors (Lipinski definition) is 2. The molecule has 0 saturated carbocycles. The van der Waals surface area contributed by atoms with Crippen LogP contribution in [0.5, 0.6) is 5.75 Å². The highest BCUT2D eigenvalue weighted by Crippen LogP contribution is 2.33. The van der Waals surface area contributed by atoms with Gasteiger partial charge in [-0.15, -0.1) is 0 Å². The van der Waals surface area contributed by atoms with Crippen molar-refractivity contribution in [3.63, 3.8) is 0 Å². The van der Waals surface area contributed by atoms with Crippen molar-refractivity contribution in [3.8, 4) is 5.75 Å². The Bertz CT molecular complexity index is 518. The maximum Gasteiger partial charge on any atom is 0.224 e. The van der Waals surface area contributed by atoms with Crippen molar-refractivity contribution in [2.45, 2.75) is 64.1 Å². The van der Waals surface area contributed by atoms with Gasteiger partial charge in [0.1, 0.15) is 5.75 Å². The highest BCUT2D eigenvalue weighted by molar-refractivity contribution is 5.92. The molecule has 1 aromatic carbocycles. The summed E-state index contributed by atoms with van der Waals surface area (Å²) in [5.41, 5.74) is 0.776. The van der Waals surface area contributed by atoms with Gasteiger partial charge in [0.2, 0.25) is 5.91 Å². The zero-order chi connectivity index (χ0) is 15.5. The number of fused-ring (bicyclic) bond motifs is 2. The predicted molar refractivity (Wildman–Crippen MR) is 88.1 cm³/mol. The molecule has 2 fully saturated rings. The van der Waals surface area contributed by atoms with Crippen LogP contribution in [0.1, 0.15) is 46.0 Å². The Labute approximate surface area is 132 Å². The number of hydrogen-bond acceptors (Lipinski definition) is 3. The Morgan fingerprint density at radius 1 is 1.27 bits per heavy atom. The van der Waals surface area contributed by atoms with E-state index in [0.29, 0.717) is 24.4 Å². The van der Waals surface area contributed by atoms with Crippen LogP contribution in [0.4, 0.5) is 5.69 Å². The Morgan fingerprint density at radius 2 is 1.95 bits per heavy atom. The monoisotopic (exact) mass is 302 g/mol. The minimum absolute atomic E-state index is 0.0955. The Hall–Kier alpha value is -1.55. The number of ether oxygens (including phenoxy) is 1. The maximum absolute atomic E-state index is 12.4. The summed E-state index contributed by atoms with van der Waals surface area (Å²) in [5.74, 6) is 1.36. The fourth-order valence-electron chi connectivity index (χ4n) is 3.73. The van der Waals surface area contributed by atoms with E-state index < -0.39 is 0 Å². The fourth-order valence-corrected chi connectivity index (χ4v) is 3.73. The van der Waals surface area contributed by atoms with E-state index in [1.807, 2.05) is 38.1 Å². The summed E-state index contributed by atoms with van der Waals surface area (Å²) >= 11 is 0. The number of carbonyl (C=O) groups is 1. The van der Waals surface area contributed by atoms with Crippen molar-refractivity contribution in [1.82, 2.24) is 5.32 Å². The van der Waals surface area contributed by atoms with E-state index in [-0.39, 0.29) is 12.0 Å². The SMILES string of the molecule is CC(C)Oc1ccccc1NC(=O)CC1CC2CCC(C1)N2. The van der Waals surface area contributed by atoms with E-state index in [4.69, 9.17) is 4.74 Å². The number of para-hydroxylation sites is 2. The summed E-state index contributed by atoms with van der Waals surface area (Å²) < 4.78 is 5.76. The smallest absolute Gasteiger partial charge is 0.224 e. The standard InChI is InChI=1S/C18H26N2O2/c1-12(2)22-17-6-4-3-5-16(17)20-18(21)11-13-9-14-7-8-15(10-13)19-14/h3-6,12-15,19H,7-11H2,1-2H3,(H,20,21). The van der Waals surface area contributed by atoms with E-state index in [0.717, 1.165) is 24.3 Å². The highest BCUT2D eigenvalue weighted by Gasteiger charge is 2.34. The van der Waals surface area contributed by atoms with Crippen LogP contribution in [0.2, 0.25) is 0 Å². The van der Waals surface area contributed by atoms with Crippen molar-refractivity contribution in [2.24, 2.45) is 5.92 Å². The number of carbonyl (C=O) groups excluding carboxylic acids is 1.